The van der Waals surface area contributed by atoms with Crippen LogP contribution in [0.2, 0.25) is 0 Å². The number of nitrogens with zero attached hydrogens (tertiary/aromatic N) is 4. The van der Waals surface area contributed by atoms with E-state index in [-0.39, 0.29) is 12.0 Å². The van der Waals surface area contributed by atoms with Crippen molar-refractivity contribution in [2.45, 2.75) is 31.8 Å². The molecule has 4 heterocycles. The van der Waals surface area contributed by atoms with E-state index in [1.54, 1.807) is 12.5 Å². The van der Waals surface area contributed by atoms with E-state index in [9.17, 15) is 4.79 Å². The molecule has 7 nitrogen and oxygen atoms in total. The van der Waals surface area contributed by atoms with Crippen LogP contribution in [0, 0.1) is 0 Å². The minimum absolute atomic E-state index is 0.0572. The van der Waals surface area contributed by atoms with Gasteiger partial charge in [0.25, 0.3) is 5.91 Å². The third kappa shape index (κ3) is 3.61. The van der Waals surface area contributed by atoms with Crippen LogP contribution in [0.15, 0.2) is 24.1 Å². The van der Waals surface area contributed by atoms with Crippen LogP contribution < -0.4 is 4.90 Å². The van der Waals surface area contributed by atoms with Gasteiger partial charge >= 0.3 is 0 Å². The molecule has 134 valence electrons. The number of rotatable bonds is 3. The van der Waals surface area contributed by atoms with Crippen molar-refractivity contribution in [2.24, 2.45) is 0 Å². The lowest BCUT2D eigenvalue weighted by atomic mass is 10.1. The van der Waals surface area contributed by atoms with Crippen LogP contribution in [0.5, 0.6) is 0 Å². The standard InChI is InChI=1S/C18H24N4O3/c23-17(14-4-3-10-24-13-14)22-9-11-25-16(12-22)15-5-6-19-18(20-15)21-7-1-2-8-21/h5-6,13,16H,1-4,7-12H2/t16-/m1/s1. The third-order valence-electron chi connectivity index (χ3n) is 4.95. The van der Waals surface area contributed by atoms with Gasteiger partial charge in [-0.15, -0.1) is 0 Å². The van der Waals surface area contributed by atoms with Gasteiger partial charge in [0, 0.05) is 25.8 Å². The number of amides is 1. The van der Waals surface area contributed by atoms with Gasteiger partial charge in [0.2, 0.25) is 5.95 Å². The normalized spacial score (nSPS) is 24.0. The molecule has 1 aromatic rings. The minimum atomic E-state index is -0.202. The fourth-order valence-electron chi connectivity index (χ4n) is 3.55. The molecule has 1 amide bonds. The molecular formula is C18H24N4O3. The summed E-state index contributed by atoms with van der Waals surface area (Å²) in [5, 5.41) is 0. The maximum absolute atomic E-state index is 12.7. The van der Waals surface area contributed by atoms with E-state index < -0.39 is 0 Å². The number of hydrogen-bond acceptors (Lipinski definition) is 6. The van der Waals surface area contributed by atoms with Crippen molar-refractivity contribution < 1.29 is 14.3 Å². The maximum Gasteiger partial charge on any atom is 0.253 e. The van der Waals surface area contributed by atoms with Crippen LogP contribution in [-0.2, 0) is 14.3 Å². The van der Waals surface area contributed by atoms with Gasteiger partial charge < -0.3 is 19.3 Å². The zero-order valence-corrected chi connectivity index (χ0v) is 14.4. The molecule has 3 aliphatic heterocycles. The SMILES string of the molecule is O=C(C1=COCCC1)N1CCO[C@@H](c2ccnc(N3CCCC3)n2)C1. The van der Waals surface area contributed by atoms with Gasteiger partial charge in [-0.1, -0.05) is 0 Å². The highest BCUT2D eigenvalue weighted by molar-refractivity contribution is 5.93. The van der Waals surface area contributed by atoms with E-state index in [2.05, 4.69) is 9.88 Å². The molecular weight excluding hydrogens is 320 g/mol. The number of carbonyl (C=O) groups is 1. The fraction of sp³-hybridized carbons (Fsp3) is 0.611. The minimum Gasteiger partial charge on any atom is -0.501 e. The van der Waals surface area contributed by atoms with Crippen molar-refractivity contribution in [2.75, 3.05) is 44.3 Å². The van der Waals surface area contributed by atoms with Gasteiger partial charge in [0.15, 0.2) is 0 Å². The Hall–Kier alpha value is -2.15. The van der Waals surface area contributed by atoms with E-state index in [0.717, 1.165) is 43.1 Å². The van der Waals surface area contributed by atoms with Crippen molar-refractivity contribution >= 4 is 11.9 Å². The van der Waals surface area contributed by atoms with E-state index in [0.29, 0.717) is 26.3 Å². The molecule has 3 aliphatic rings. The summed E-state index contributed by atoms with van der Waals surface area (Å²) in [6.45, 7) is 4.36. The lowest BCUT2D eigenvalue weighted by Gasteiger charge is -2.33. The lowest BCUT2D eigenvalue weighted by molar-refractivity contribution is -0.135. The molecule has 25 heavy (non-hydrogen) atoms. The topological polar surface area (TPSA) is 67.8 Å². The first-order valence-corrected chi connectivity index (χ1v) is 9.11. The Kier molecular flexibility index (Phi) is 4.83. The number of anilines is 1. The van der Waals surface area contributed by atoms with Crippen LogP contribution in [0.4, 0.5) is 5.95 Å². The van der Waals surface area contributed by atoms with Crippen LogP contribution in [0.3, 0.4) is 0 Å². The number of hydrogen-bond donors (Lipinski definition) is 0. The summed E-state index contributed by atoms with van der Waals surface area (Å²) >= 11 is 0. The Morgan fingerprint density at radius 1 is 1.16 bits per heavy atom. The molecule has 2 fully saturated rings. The molecule has 0 bridgehead atoms. The summed E-state index contributed by atoms with van der Waals surface area (Å²) in [6.07, 6.45) is 7.26. The summed E-state index contributed by atoms with van der Waals surface area (Å²) in [6, 6.07) is 1.89. The largest absolute Gasteiger partial charge is 0.501 e. The number of carbonyl (C=O) groups excluding carboxylic acids is 1. The molecule has 2 saturated heterocycles. The summed E-state index contributed by atoms with van der Waals surface area (Å²) in [7, 11) is 0. The maximum atomic E-state index is 12.7. The quantitative estimate of drug-likeness (QED) is 0.831. The van der Waals surface area contributed by atoms with Crippen molar-refractivity contribution in [3.05, 3.63) is 29.8 Å². The molecule has 0 N–H and O–H groups in total. The Morgan fingerprint density at radius 3 is 2.84 bits per heavy atom. The van der Waals surface area contributed by atoms with Crippen molar-refractivity contribution in [3.8, 4) is 0 Å². The fourth-order valence-corrected chi connectivity index (χ4v) is 3.55. The van der Waals surface area contributed by atoms with Gasteiger partial charge in [-0.2, -0.15) is 0 Å². The third-order valence-corrected chi connectivity index (χ3v) is 4.95. The van der Waals surface area contributed by atoms with E-state index >= 15 is 0 Å². The number of aromatic nitrogens is 2. The zero-order chi connectivity index (χ0) is 17.1. The zero-order valence-electron chi connectivity index (χ0n) is 14.4. The van der Waals surface area contributed by atoms with Gasteiger partial charge in [-0.05, 0) is 31.7 Å². The molecule has 1 atom stereocenters. The Labute approximate surface area is 147 Å². The predicted molar refractivity (Wildman–Crippen MR) is 92.0 cm³/mol. The second-order valence-corrected chi connectivity index (χ2v) is 6.70. The van der Waals surface area contributed by atoms with Crippen LogP contribution in [0.25, 0.3) is 0 Å². The highest BCUT2D eigenvalue weighted by atomic mass is 16.5. The monoisotopic (exact) mass is 344 g/mol. The second kappa shape index (κ2) is 7.39. The average molecular weight is 344 g/mol. The van der Waals surface area contributed by atoms with Crippen molar-refractivity contribution in [1.29, 1.82) is 0 Å². The van der Waals surface area contributed by atoms with Gasteiger partial charge in [-0.25, -0.2) is 9.97 Å². The van der Waals surface area contributed by atoms with Crippen molar-refractivity contribution in [3.63, 3.8) is 0 Å². The molecule has 0 spiro atoms. The van der Waals surface area contributed by atoms with Gasteiger partial charge in [-0.3, -0.25) is 4.79 Å². The first-order chi connectivity index (χ1) is 12.3. The summed E-state index contributed by atoms with van der Waals surface area (Å²) < 4.78 is 11.2. The van der Waals surface area contributed by atoms with Crippen LogP contribution >= 0.6 is 0 Å². The molecule has 4 rings (SSSR count). The first kappa shape index (κ1) is 16.3. The molecule has 7 heteroatoms. The molecule has 0 aliphatic carbocycles. The molecule has 0 aromatic carbocycles. The number of ether oxygens (including phenoxy) is 2. The van der Waals surface area contributed by atoms with Crippen LogP contribution in [-0.4, -0.2) is 60.2 Å². The highest BCUT2D eigenvalue weighted by Crippen LogP contribution is 2.25. The lowest BCUT2D eigenvalue weighted by Crippen LogP contribution is -2.43. The van der Waals surface area contributed by atoms with Crippen molar-refractivity contribution in [1.82, 2.24) is 14.9 Å². The van der Waals surface area contributed by atoms with Gasteiger partial charge in [0.05, 0.1) is 37.3 Å². The molecule has 0 saturated carbocycles. The van der Waals surface area contributed by atoms with E-state index in [1.807, 2.05) is 11.0 Å². The molecule has 0 radical (unpaired) electrons. The number of morpholine rings is 1. The predicted octanol–water partition coefficient (Wildman–Crippen LogP) is 1.67. The first-order valence-electron chi connectivity index (χ1n) is 9.11. The summed E-state index contributed by atoms with van der Waals surface area (Å²) in [4.78, 5) is 25.8. The average Bonchev–Trinajstić information content (AvgIpc) is 3.23. The Balaban J connectivity index is 1.46. The second-order valence-electron chi connectivity index (χ2n) is 6.70. The van der Waals surface area contributed by atoms with E-state index in [4.69, 9.17) is 14.5 Å². The summed E-state index contributed by atoms with van der Waals surface area (Å²) in [5.74, 6) is 0.826. The van der Waals surface area contributed by atoms with Crippen LogP contribution in [0.1, 0.15) is 37.5 Å². The highest BCUT2D eigenvalue weighted by Gasteiger charge is 2.29. The van der Waals surface area contributed by atoms with E-state index in [1.165, 1.54) is 12.8 Å². The molecule has 0 unspecified atom stereocenters. The molecule has 1 aromatic heterocycles. The summed E-state index contributed by atoms with van der Waals surface area (Å²) in [5.41, 5.74) is 1.61. The van der Waals surface area contributed by atoms with Gasteiger partial charge in [0.1, 0.15) is 6.10 Å². The smallest absolute Gasteiger partial charge is 0.253 e. The Bertz CT molecular complexity index is 657. The Morgan fingerprint density at radius 2 is 2.04 bits per heavy atom.